The summed E-state index contributed by atoms with van der Waals surface area (Å²) >= 11 is 0. The monoisotopic (exact) mass is 2320 g/mol. The van der Waals surface area contributed by atoms with Crippen LogP contribution in [0.25, 0.3) is 250 Å². The minimum Gasteiger partial charge on any atom is -0.467 e. The fourth-order valence-corrected chi connectivity index (χ4v) is 20.0. The van der Waals surface area contributed by atoms with Crippen molar-refractivity contribution in [2.24, 2.45) is 0 Å². The number of fused-ring (bicyclic) bond motifs is 21. The Hall–Kier alpha value is -16.7. The van der Waals surface area contributed by atoms with Crippen LogP contribution in [0, 0.1) is 36.4 Å². The molecule has 0 saturated carbocycles. The number of benzene rings is 16. The summed E-state index contributed by atoms with van der Waals surface area (Å²) < 4.78 is 34.7. The Balaban J connectivity index is 0.000000113. The van der Waals surface area contributed by atoms with Gasteiger partial charge in [-0.2, -0.15) is 6.07 Å². The van der Waals surface area contributed by atoms with Gasteiger partial charge in [-0.1, -0.05) is 250 Å². The van der Waals surface area contributed by atoms with E-state index in [2.05, 4.69) is 370 Å². The summed E-state index contributed by atoms with van der Waals surface area (Å²) in [5, 5.41) is 16.1. The molecule has 139 heavy (non-hydrogen) atoms. The topological polar surface area (TPSA) is 151 Å². The normalized spacial score (nSPS) is 11.6. The first kappa shape index (κ1) is 85.2. The Bertz CT molecular complexity index is 9620. The summed E-state index contributed by atoms with van der Waals surface area (Å²) in [6.45, 7) is 0. The van der Waals surface area contributed by atoms with E-state index in [1.165, 1.54) is 32.3 Å². The molecule has 29 rings (SSSR count). The molecule has 13 heterocycles. The summed E-state index contributed by atoms with van der Waals surface area (Å²) in [5.74, 6) is 3.52. The van der Waals surface area contributed by atoms with E-state index in [9.17, 15) is 0 Å². The van der Waals surface area contributed by atoms with Crippen molar-refractivity contribution in [2.75, 3.05) is 0 Å². The van der Waals surface area contributed by atoms with Gasteiger partial charge in [-0.3, -0.25) is 28.7 Å². The van der Waals surface area contributed by atoms with E-state index < -0.39 is 0 Å². The van der Waals surface area contributed by atoms with E-state index in [0.29, 0.717) is 35.3 Å². The van der Waals surface area contributed by atoms with Gasteiger partial charge in [0.05, 0.1) is 57.2 Å². The molecule has 0 aliphatic rings. The molecule has 13 aromatic heterocycles. The predicted molar refractivity (Wildman–Crippen MR) is 543 cm³/mol. The number of aromatic nitrogens is 13. The van der Waals surface area contributed by atoms with Crippen LogP contribution in [0.3, 0.4) is 0 Å². The summed E-state index contributed by atoms with van der Waals surface area (Å²) in [5.41, 5.74) is 24.1. The van der Waals surface area contributed by atoms with Crippen molar-refractivity contribution in [3.8, 4) is 97.3 Å². The zero-order valence-electron chi connectivity index (χ0n) is 73.3. The Labute approximate surface area is 837 Å². The van der Waals surface area contributed by atoms with Crippen LogP contribution >= 0.6 is 0 Å². The van der Waals surface area contributed by atoms with Gasteiger partial charge in [0.1, 0.15) is 23.3 Å². The second kappa shape index (κ2) is 35.2. The number of hydrogen-bond acceptors (Lipinski definition) is 9. The van der Waals surface area contributed by atoms with Gasteiger partial charge in [0.25, 0.3) is 0 Å². The second-order valence-corrected chi connectivity index (χ2v) is 33.6. The minimum absolute atomic E-state index is 0. The number of hydrogen-bond donors (Lipinski definition) is 0. The Morgan fingerprint density at radius 1 is 0.173 bits per heavy atom. The van der Waals surface area contributed by atoms with E-state index in [1.54, 1.807) is 24.8 Å². The van der Waals surface area contributed by atoms with Gasteiger partial charge >= 0.3 is 63.2 Å². The van der Waals surface area contributed by atoms with Crippen molar-refractivity contribution >= 4 is 153 Å². The molecular formula is C120H69N13O3Pt3. The fraction of sp³-hybridized carbons (Fsp3) is 0. The Kier molecular flexibility index (Phi) is 21.6. The maximum atomic E-state index is 6.54. The second-order valence-electron chi connectivity index (χ2n) is 33.6. The number of pyridine rings is 3. The van der Waals surface area contributed by atoms with Crippen LogP contribution in [-0.4, -0.2) is 61.9 Å². The predicted octanol–water partition coefficient (Wildman–Crippen LogP) is 29.0. The molecule has 0 fully saturated rings. The molecule has 16 aromatic carbocycles. The molecule has 0 spiro atoms. The van der Waals surface area contributed by atoms with Crippen molar-refractivity contribution in [3.05, 3.63) is 456 Å². The third-order valence-corrected chi connectivity index (χ3v) is 25.9. The van der Waals surface area contributed by atoms with Crippen molar-refractivity contribution in [1.29, 1.82) is 0 Å². The van der Waals surface area contributed by atoms with Crippen LogP contribution in [0.1, 0.15) is 0 Å². The SMILES string of the molecule is [Pt+2].[Pt+2].[Pt+2].[c-]1c(-c2ccccn2)cccc1-n1c2[c-]c(-c3ncc(-n4c5ccccc5c5ccccc54)o3)ccc2c2ccccc21.[c-]1c(-c2ncc(-n3c4ccccc4c4ccccc43)o2)cccc1-n1c2[c-]c(-c3ccccn3)ccc2c2ccccc21.[c-]1c(-n2c3[c-]c(-c4ncc(-n5c6ccccc6c6ccccc65)o4)ccc3c3ccccc32)cccc1-n1c2ccccc2c2cccnc21. The first-order valence-electron chi connectivity index (χ1n) is 44.9. The number of para-hydroxylation sites is 10. The van der Waals surface area contributed by atoms with E-state index in [1.807, 2.05) is 103 Å². The van der Waals surface area contributed by atoms with E-state index >= 15 is 0 Å². The number of oxazole rings is 3. The number of rotatable bonds is 12. The molecule has 0 radical (unpaired) electrons. The van der Waals surface area contributed by atoms with Crippen LogP contribution in [0.15, 0.2) is 433 Å². The van der Waals surface area contributed by atoms with Crippen LogP contribution in [0.4, 0.5) is 0 Å². The van der Waals surface area contributed by atoms with Gasteiger partial charge in [0.2, 0.25) is 17.7 Å². The molecule has 0 aliphatic heterocycles. The molecule has 0 unspecified atom stereocenters. The summed E-state index contributed by atoms with van der Waals surface area (Å²) in [6.07, 6.45) is 10.9. The molecule has 0 bridgehead atoms. The first-order chi connectivity index (χ1) is 67.5. The quantitative estimate of drug-likeness (QED) is 0.109. The van der Waals surface area contributed by atoms with Crippen LogP contribution in [-0.2, 0) is 63.2 Å². The van der Waals surface area contributed by atoms with Crippen molar-refractivity contribution < 1.29 is 76.4 Å². The third kappa shape index (κ3) is 14.2. The van der Waals surface area contributed by atoms with E-state index in [4.69, 9.17) is 33.2 Å². The molecule has 0 amide bonds. The zero-order valence-corrected chi connectivity index (χ0v) is 80.1. The van der Waals surface area contributed by atoms with Gasteiger partial charge in [0, 0.05) is 78.2 Å². The molecular weight excluding hydrogens is 2260 g/mol. The number of nitrogens with zero attached hydrogens (tertiary/aromatic N) is 13. The largest absolute Gasteiger partial charge is 2.00 e. The molecule has 16 nitrogen and oxygen atoms in total. The maximum Gasteiger partial charge on any atom is 2.00 e. The van der Waals surface area contributed by atoms with Crippen molar-refractivity contribution in [1.82, 2.24) is 61.9 Å². The minimum atomic E-state index is 0. The smallest absolute Gasteiger partial charge is 0.467 e. The van der Waals surface area contributed by atoms with Gasteiger partial charge in [-0.25, -0.2) is 4.98 Å². The Morgan fingerprint density at radius 3 is 0.784 bits per heavy atom. The van der Waals surface area contributed by atoms with Crippen molar-refractivity contribution in [2.45, 2.75) is 0 Å². The Morgan fingerprint density at radius 2 is 0.424 bits per heavy atom. The molecule has 0 aliphatic carbocycles. The van der Waals surface area contributed by atoms with Crippen LogP contribution in [0.2, 0.25) is 0 Å². The molecule has 662 valence electrons. The van der Waals surface area contributed by atoms with E-state index in [0.717, 1.165) is 182 Å². The van der Waals surface area contributed by atoms with Crippen LogP contribution in [0.5, 0.6) is 0 Å². The van der Waals surface area contributed by atoms with Crippen molar-refractivity contribution in [3.63, 3.8) is 0 Å². The van der Waals surface area contributed by atoms with Gasteiger partial charge in [-0.05, 0) is 140 Å². The average Bonchev–Trinajstić information content (AvgIpc) is 1.58. The molecule has 29 aromatic rings. The van der Waals surface area contributed by atoms with Crippen LogP contribution < -0.4 is 0 Å². The molecule has 0 atom stereocenters. The van der Waals surface area contributed by atoms with Gasteiger partial charge in [-0.15, -0.1) is 132 Å². The van der Waals surface area contributed by atoms with Gasteiger partial charge in [0.15, 0.2) is 0 Å². The first-order valence-corrected chi connectivity index (χ1v) is 44.9. The standard InChI is InChI=1S/C44H25N5O.2C38H22N4O.3Pt/c1-5-18-37-33(15-1)35-23-22-28(44-46-27-42(50-44)49-39-20-7-2-13-31(39)32-14-3-8-21-40(32)49)25-41(35)47(37)29-11-9-12-30(26-29)48-38-19-6-4-16-34(38)36-17-10-24-45-43(36)48;1-4-16-33-30(14-1)31-20-19-25(32-15-7-8-21-39-32)23-36(31)41(33)27-11-9-10-26(22-27)38-40-24-37(43-38)42-34-17-5-2-12-28(34)29-13-3-6-18-35(29)42;1-4-16-33-30(14-1)31-20-19-26(23-36(31)41(33)27-11-9-10-25(22-27)32-15-7-8-21-39-32)38-40-24-37(43-38)42-34-17-5-2-12-28(34)29-13-3-6-18-35(29)42;;;/h1-24,27H;2*1-21,24H;;;/q3*-2;3*+2. The van der Waals surface area contributed by atoms with Gasteiger partial charge < -0.3 is 41.5 Å². The zero-order chi connectivity index (χ0) is 89.4. The third-order valence-electron chi connectivity index (χ3n) is 25.9. The van der Waals surface area contributed by atoms with E-state index in [-0.39, 0.29) is 63.2 Å². The summed E-state index contributed by atoms with van der Waals surface area (Å²) in [6, 6.07) is 153. The molecule has 0 saturated heterocycles. The summed E-state index contributed by atoms with van der Waals surface area (Å²) in [4.78, 5) is 28.1. The average molecular weight is 2330 g/mol. The fourth-order valence-electron chi connectivity index (χ4n) is 20.0. The maximum absolute atomic E-state index is 6.54. The summed E-state index contributed by atoms with van der Waals surface area (Å²) in [7, 11) is 0. The molecule has 19 heteroatoms. The molecule has 0 N–H and O–H groups in total.